The first kappa shape index (κ1) is 19.9. The fourth-order valence-electron chi connectivity index (χ4n) is 2.82. The summed E-state index contributed by atoms with van der Waals surface area (Å²) in [7, 11) is 2.93. The van der Waals surface area contributed by atoms with Gasteiger partial charge < -0.3 is 14.8 Å². The molecule has 132 valence electrons. The van der Waals surface area contributed by atoms with E-state index in [0.717, 1.165) is 0 Å². The molecule has 1 saturated heterocycles. The van der Waals surface area contributed by atoms with Gasteiger partial charge in [0.05, 0.1) is 20.6 Å². The Labute approximate surface area is 140 Å². The number of ether oxygens (including phenoxy) is 2. The van der Waals surface area contributed by atoms with Gasteiger partial charge in [-0.25, -0.2) is 0 Å². The van der Waals surface area contributed by atoms with Crippen molar-refractivity contribution in [2.24, 2.45) is 0 Å². The van der Waals surface area contributed by atoms with Crippen molar-refractivity contribution < 1.29 is 22.6 Å². The first-order chi connectivity index (χ1) is 10.5. The molecule has 1 aliphatic heterocycles. The lowest BCUT2D eigenvalue weighted by Crippen LogP contribution is -2.46. The molecule has 8 heteroatoms. The van der Waals surface area contributed by atoms with Crippen LogP contribution in [0, 0.1) is 0 Å². The Bertz CT molecular complexity index is 494. The first-order valence-electron chi connectivity index (χ1n) is 7.18. The quantitative estimate of drug-likeness (QED) is 0.881. The van der Waals surface area contributed by atoms with Crippen molar-refractivity contribution in [1.29, 1.82) is 0 Å². The van der Waals surface area contributed by atoms with E-state index in [2.05, 4.69) is 5.32 Å². The molecule has 1 aromatic carbocycles. The number of hydrogen-bond acceptors (Lipinski definition) is 4. The summed E-state index contributed by atoms with van der Waals surface area (Å²) in [4.78, 5) is 1.85. The van der Waals surface area contributed by atoms with Gasteiger partial charge in [-0.1, -0.05) is 12.1 Å². The molecule has 1 aromatic rings. The number of nitrogens with one attached hydrogen (secondary N) is 1. The Morgan fingerprint density at radius 1 is 1.17 bits per heavy atom. The molecule has 1 aliphatic rings. The van der Waals surface area contributed by atoms with E-state index in [0.29, 0.717) is 43.2 Å². The highest BCUT2D eigenvalue weighted by atomic mass is 35.5. The van der Waals surface area contributed by atoms with Crippen molar-refractivity contribution in [3.8, 4) is 11.5 Å². The van der Waals surface area contributed by atoms with E-state index in [9.17, 15) is 13.2 Å². The summed E-state index contributed by atoms with van der Waals surface area (Å²) in [6.45, 7) is 2.50. The fraction of sp³-hybridized carbons (Fsp3) is 0.600. The maximum atomic E-state index is 13.1. The number of alkyl halides is 3. The normalized spacial score (nSPS) is 17.3. The lowest BCUT2D eigenvalue weighted by Gasteiger charge is -2.36. The van der Waals surface area contributed by atoms with Gasteiger partial charge in [-0.3, -0.25) is 4.90 Å². The molecule has 2 rings (SSSR count). The van der Waals surface area contributed by atoms with E-state index in [1.54, 1.807) is 18.2 Å². The van der Waals surface area contributed by atoms with Gasteiger partial charge in [0.25, 0.3) is 0 Å². The van der Waals surface area contributed by atoms with Gasteiger partial charge in [-0.15, -0.1) is 12.4 Å². The zero-order chi connectivity index (χ0) is 16.2. The van der Waals surface area contributed by atoms with Crippen LogP contribution in [0.25, 0.3) is 0 Å². The Balaban J connectivity index is 0.00000264. The van der Waals surface area contributed by atoms with E-state index in [1.165, 1.54) is 14.2 Å². The smallest absolute Gasteiger partial charge is 0.390 e. The number of nitrogens with zero attached hydrogens (tertiary/aromatic N) is 1. The minimum absolute atomic E-state index is 0. The number of hydrogen-bond donors (Lipinski definition) is 1. The van der Waals surface area contributed by atoms with E-state index < -0.39 is 18.6 Å². The van der Waals surface area contributed by atoms with Crippen LogP contribution in [0.3, 0.4) is 0 Å². The van der Waals surface area contributed by atoms with Crippen LogP contribution in [-0.2, 0) is 0 Å². The zero-order valence-corrected chi connectivity index (χ0v) is 14.0. The predicted molar refractivity (Wildman–Crippen MR) is 84.6 cm³/mol. The average molecular weight is 355 g/mol. The minimum Gasteiger partial charge on any atom is -0.493 e. The number of para-hydroxylation sites is 1. The van der Waals surface area contributed by atoms with Gasteiger partial charge in [0.2, 0.25) is 0 Å². The third-order valence-corrected chi connectivity index (χ3v) is 3.81. The molecule has 1 atom stereocenters. The fourth-order valence-corrected chi connectivity index (χ4v) is 2.82. The molecule has 1 heterocycles. The van der Waals surface area contributed by atoms with Crippen LogP contribution in [0.15, 0.2) is 18.2 Å². The van der Waals surface area contributed by atoms with Gasteiger partial charge in [-0.2, -0.15) is 13.2 Å². The summed E-state index contributed by atoms with van der Waals surface area (Å²) in [6.07, 6.45) is -5.15. The van der Waals surface area contributed by atoms with Crippen LogP contribution in [0.2, 0.25) is 0 Å². The Morgan fingerprint density at radius 3 is 2.35 bits per heavy atom. The third kappa shape index (κ3) is 5.16. The summed E-state index contributed by atoms with van der Waals surface area (Å²) >= 11 is 0. The minimum atomic E-state index is -4.25. The second kappa shape index (κ2) is 8.61. The number of rotatable bonds is 5. The standard InChI is InChI=1S/C15H21F3N2O2.ClH/c1-21-13-5-3-4-11(14(13)22-2)12(10-15(16,17)18)20-8-6-19-7-9-20;/h3-5,12,19H,6-10H2,1-2H3;1H/t12-;/m1./s1. The number of methoxy groups -OCH3 is 2. The molecule has 0 amide bonds. The number of piperazine rings is 1. The van der Waals surface area contributed by atoms with Crippen LogP contribution in [0.4, 0.5) is 13.2 Å². The second-order valence-electron chi connectivity index (χ2n) is 5.20. The molecule has 0 saturated carbocycles. The Morgan fingerprint density at radius 2 is 1.83 bits per heavy atom. The molecule has 4 nitrogen and oxygen atoms in total. The molecule has 0 bridgehead atoms. The largest absolute Gasteiger partial charge is 0.493 e. The number of halogens is 4. The van der Waals surface area contributed by atoms with Crippen molar-refractivity contribution >= 4 is 12.4 Å². The molecule has 1 fully saturated rings. The molecule has 23 heavy (non-hydrogen) atoms. The highest BCUT2D eigenvalue weighted by Crippen LogP contribution is 2.41. The predicted octanol–water partition coefficient (Wildman–Crippen LogP) is 3.02. The second-order valence-corrected chi connectivity index (χ2v) is 5.20. The summed E-state index contributed by atoms with van der Waals surface area (Å²) < 4.78 is 49.7. The molecule has 0 unspecified atom stereocenters. The van der Waals surface area contributed by atoms with Crippen LogP contribution in [-0.4, -0.2) is 51.5 Å². The lowest BCUT2D eigenvalue weighted by molar-refractivity contribution is -0.148. The SMILES string of the molecule is COc1cccc([C@@H](CC(F)(F)F)N2CCNCC2)c1OC.Cl. The monoisotopic (exact) mass is 354 g/mol. The molecular weight excluding hydrogens is 333 g/mol. The number of benzene rings is 1. The summed E-state index contributed by atoms with van der Waals surface area (Å²) in [5.74, 6) is 0.820. The summed E-state index contributed by atoms with van der Waals surface area (Å²) in [5.41, 5.74) is 0.515. The van der Waals surface area contributed by atoms with E-state index in [4.69, 9.17) is 9.47 Å². The average Bonchev–Trinajstić information content (AvgIpc) is 2.51. The summed E-state index contributed by atoms with van der Waals surface area (Å²) in [5, 5.41) is 3.16. The Kier molecular flexibility index (Phi) is 7.44. The summed E-state index contributed by atoms with van der Waals surface area (Å²) in [6, 6.07) is 4.29. The van der Waals surface area contributed by atoms with Gasteiger partial charge in [0.1, 0.15) is 0 Å². The molecule has 0 radical (unpaired) electrons. The topological polar surface area (TPSA) is 33.7 Å². The van der Waals surface area contributed by atoms with Gasteiger partial charge in [-0.05, 0) is 6.07 Å². The lowest BCUT2D eigenvalue weighted by atomic mass is 9.99. The molecule has 0 spiro atoms. The molecular formula is C15H22ClF3N2O2. The van der Waals surface area contributed by atoms with Crippen molar-refractivity contribution in [2.75, 3.05) is 40.4 Å². The van der Waals surface area contributed by atoms with Crippen molar-refractivity contribution in [2.45, 2.75) is 18.6 Å². The highest BCUT2D eigenvalue weighted by molar-refractivity contribution is 5.85. The maximum Gasteiger partial charge on any atom is 0.390 e. The maximum absolute atomic E-state index is 13.1. The van der Waals surface area contributed by atoms with Gasteiger partial charge in [0.15, 0.2) is 11.5 Å². The first-order valence-corrected chi connectivity index (χ1v) is 7.18. The van der Waals surface area contributed by atoms with Crippen LogP contribution >= 0.6 is 12.4 Å². The van der Waals surface area contributed by atoms with Crippen LogP contribution < -0.4 is 14.8 Å². The zero-order valence-electron chi connectivity index (χ0n) is 13.2. The van der Waals surface area contributed by atoms with Crippen LogP contribution in [0.1, 0.15) is 18.0 Å². The van der Waals surface area contributed by atoms with Gasteiger partial charge in [0, 0.05) is 37.8 Å². The molecule has 1 N–H and O–H groups in total. The van der Waals surface area contributed by atoms with E-state index >= 15 is 0 Å². The Hall–Kier alpha value is -1.18. The molecule has 0 aromatic heterocycles. The van der Waals surface area contributed by atoms with Crippen molar-refractivity contribution in [3.05, 3.63) is 23.8 Å². The van der Waals surface area contributed by atoms with Crippen LogP contribution in [0.5, 0.6) is 11.5 Å². The highest BCUT2D eigenvalue weighted by Gasteiger charge is 2.37. The van der Waals surface area contributed by atoms with E-state index in [-0.39, 0.29) is 12.4 Å². The third-order valence-electron chi connectivity index (χ3n) is 3.81. The van der Waals surface area contributed by atoms with Crippen molar-refractivity contribution in [1.82, 2.24) is 10.2 Å². The van der Waals surface area contributed by atoms with Gasteiger partial charge >= 0.3 is 6.18 Å². The molecule has 0 aliphatic carbocycles. The van der Waals surface area contributed by atoms with Crippen molar-refractivity contribution in [3.63, 3.8) is 0 Å². The van der Waals surface area contributed by atoms with E-state index in [1.807, 2.05) is 4.90 Å².